The molecule has 0 aromatic heterocycles. The zero-order valence-electron chi connectivity index (χ0n) is 8.33. The van der Waals surface area contributed by atoms with Crippen molar-refractivity contribution in [2.75, 3.05) is 5.88 Å². The third kappa shape index (κ3) is 3.51. The van der Waals surface area contributed by atoms with E-state index in [0.717, 1.165) is 9.81 Å². The third-order valence-corrected chi connectivity index (χ3v) is 14.5. The van der Waals surface area contributed by atoms with Gasteiger partial charge in [0.1, 0.15) is 0 Å². The van der Waals surface area contributed by atoms with Crippen molar-refractivity contribution in [2.45, 2.75) is 22.2 Å². The Morgan fingerprint density at radius 1 is 1.23 bits per heavy atom. The average Bonchev–Trinajstić information content (AvgIpc) is 2.15. The van der Waals surface area contributed by atoms with Crippen LogP contribution in [0.5, 0.6) is 0 Å². The number of halogens is 1. The molecule has 1 aromatic rings. The van der Waals surface area contributed by atoms with Gasteiger partial charge in [-0.1, -0.05) is 0 Å². The van der Waals surface area contributed by atoms with Gasteiger partial charge in [0.2, 0.25) is 0 Å². The monoisotopic (exact) mass is 304 g/mol. The van der Waals surface area contributed by atoms with Gasteiger partial charge in [0.25, 0.3) is 0 Å². The normalized spacial score (nSPS) is 13.2. The number of hydrogen-bond donors (Lipinski definition) is 0. The first-order chi connectivity index (χ1) is 6.25. The van der Waals surface area contributed by atoms with Crippen LogP contribution in [0.25, 0.3) is 0 Å². The van der Waals surface area contributed by atoms with Gasteiger partial charge in [-0.3, -0.25) is 0 Å². The standard InChI is InChI=1S/C6H5.C3H7.C2H4Cl.Sn.H/c1-2-4-6-5-3-1;1-3-2;1-2-3;;/h1-5H;3H,1-2H3;1-2H2;;. The molecule has 0 aliphatic carbocycles. The van der Waals surface area contributed by atoms with Crippen molar-refractivity contribution in [3.05, 3.63) is 30.3 Å². The molecule has 0 saturated heterocycles. The molecule has 0 bridgehead atoms. The van der Waals surface area contributed by atoms with Gasteiger partial charge in [-0.05, 0) is 0 Å². The fraction of sp³-hybridized carbons (Fsp3) is 0.455. The van der Waals surface area contributed by atoms with E-state index < -0.39 is 19.8 Å². The topological polar surface area (TPSA) is 0 Å². The molecule has 0 aliphatic heterocycles. The summed E-state index contributed by atoms with van der Waals surface area (Å²) < 4.78 is 3.79. The van der Waals surface area contributed by atoms with Gasteiger partial charge in [-0.2, -0.15) is 0 Å². The van der Waals surface area contributed by atoms with Gasteiger partial charge >= 0.3 is 93.4 Å². The van der Waals surface area contributed by atoms with Crippen molar-refractivity contribution < 1.29 is 0 Å². The Morgan fingerprint density at radius 3 is 2.31 bits per heavy atom. The summed E-state index contributed by atoms with van der Waals surface area (Å²) in [6.07, 6.45) is 0. The zero-order valence-corrected chi connectivity index (χ0v) is 12.4. The summed E-state index contributed by atoms with van der Waals surface area (Å²) in [5.41, 5.74) is 0. The van der Waals surface area contributed by atoms with Gasteiger partial charge in [-0.15, -0.1) is 0 Å². The molecule has 72 valence electrons. The summed E-state index contributed by atoms with van der Waals surface area (Å²) in [6.45, 7) is 4.70. The van der Waals surface area contributed by atoms with Crippen LogP contribution in [0, 0.1) is 0 Å². The molecule has 0 aliphatic rings. The van der Waals surface area contributed by atoms with Crippen LogP contribution in [0.1, 0.15) is 13.8 Å². The number of alkyl halides is 1. The zero-order chi connectivity index (χ0) is 9.68. The maximum atomic E-state index is 5.84. The van der Waals surface area contributed by atoms with E-state index in [1.54, 1.807) is 3.58 Å². The van der Waals surface area contributed by atoms with E-state index in [-0.39, 0.29) is 0 Å². The first-order valence-corrected chi connectivity index (χ1v) is 11.3. The van der Waals surface area contributed by atoms with Crippen LogP contribution in [-0.4, -0.2) is 25.6 Å². The Balaban J connectivity index is 2.76. The molecule has 0 nitrogen and oxygen atoms in total. The van der Waals surface area contributed by atoms with Crippen molar-refractivity contribution in [3.63, 3.8) is 0 Å². The molecule has 0 spiro atoms. The molecule has 0 amide bonds. The van der Waals surface area contributed by atoms with Crippen molar-refractivity contribution in [3.8, 4) is 0 Å². The molecule has 0 fully saturated rings. The molecule has 1 aromatic carbocycles. The van der Waals surface area contributed by atoms with Crippen molar-refractivity contribution >= 4 is 34.9 Å². The second-order valence-corrected chi connectivity index (χ2v) is 14.9. The second-order valence-electron chi connectivity index (χ2n) is 3.74. The predicted octanol–water partition coefficient (Wildman–Crippen LogP) is 2.77. The van der Waals surface area contributed by atoms with Crippen LogP contribution in [0.3, 0.4) is 0 Å². The van der Waals surface area contributed by atoms with Crippen molar-refractivity contribution in [2.24, 2.45) is 0 Å². The fourth-order valence-electron chi connectivity index (χ4n) is 1.70. The Morgan fingerprint density at radius 2 is 1.85 bits per heavy atom. The van der Waals surface area contributed by atoms with Crippen molar-refractivity contribution in [1.29, 1.82) is 0 Å². The van der Waals surface area contributed by atoms with Crippen LogP contribution in [0.4, 0.5) is 0 Å². The number of rotatable bonds is 4. The van der Waals surface area contributed by atoms with Crippen LogP contribution in [-0.2, 0) is 0 Å². The molecule has 0 saturated carbocycles. The minimum absolute atomic E-state index is 0.841. The Hall–Kier alpha value is 0.309. The first-order valence-electron chi connectivity index (χ1n) is 4.86. The van der Waals surface area contributed by atoms with E-state index in [1.807, 2.05) is 0 Å². The van der Waals surface area contributed by atoms with Crippen LogP contribution < -0.4 is 3.58 Å². The Kier molecular flexibility index (Phi) is 5.18. The van der Waals surface area contributed by atoms with E-state index >= 15 is 0 Å². The summed E-state index contributed by atoms with van der Waals surface area (Å²) in [6, 6.07) is 11.0. The van der Waals surface area contributed by atoms with Crippen LogP contribution in [0.15, 0.2) is 30.3 Å². The van der Waals surface area contributed by atoms with Gasteiger partial charge < -0.3 is 0 Å². The minimum atomic E-state index is -1.52. The van der Waals surface area contributed by atoms with E-state index in [4.69, 9.17) is 11.6 Å². The Labute approximate surface area is 93.0 Å². The second kappa shape index (κ2) is 5.92. The average molecular weight is 303 g/mol. The summed E-state index contributed by atoms with van der Waals surface area (Å²) in [4.78, 5) is 0. The summed E-state index contributed by atoms with van der Waals surface area (Å²) >= 11 is 4.32. The van der Waals surface area contributed by atoms with Crippen LogP contribution in [0.2, 0.25) is 8.37 Å². The van der Waals surface area contributed by atoms with E-state index in [1.165, 1.54) is 4.44 Å². The molecular weight excluding hydrogens is 286 g/mol. The Bertz CT molecular complexity index is 233. The number of hydrogen-bond acceptors (Lipinski definition) is 0. The van der Waals surface area contributed by atoms with E-state index in [0.29, 0.717) is 0 Å². The molecule has 0 N–H and O–H groups in total. The van der Waals surface area contributed by atoms with Gasteiger partial charge in [0.15, 0.2) is 0 Å². The molecule has 2 heteroatoms. The number of benzene rings is 1. The van der Waals surface area contributed by atoms with Gasteiger partial charge in [0, 0.05) is 0 Å². The molecule has 1 rings (SSSR count). The summed E-state index contributed by atoms with van der Waals surface area (Å²) in [5, 5.41) is 0. The van der Waals surface area contributed by atoms with E-state index in [9.17, 15) is 0 Å². The van der Waals surface area contributed by atoms with Gasteiger partial charge in [0.05, 0.1) is 0 Å². The SMILES string of the molecule is C[CH](C)[SnH]([CH2]CCl)[c]1ccccc1. The molecule has 0 radical (unpaired) electrons. The fourth-order valence-corrected chi connectivity index (χ4v) is 11.0. The van der Waals surface area contributed by atoms with Gasteiger partial charge in [-0.25, -0.2) is 0 Å². The molecular formula is C11H17ClSn. The summed E-state index contributed by atoms with van der Waals surface area (Å²) in [7, 11) is 0. The molecule has 13 heavy (non-hydrogen) atoms. The molecule has 0 heterocycles. The van der Waals surface area contributed by atoms with E-state index in [2.05, 4.69) is 44.2 Å². The maximum absolute atomic E-state index is 5.84. The summed E-state index contributed by atoms with van der Waals surface area (Å²) in [5.74, 6) is 0.841. The third-order valence-electron chi connectivity index (χ3n) is 2.45. The van der Waals surface area contributed by atoms with Crippen LogP contribution >= 0.6 is 11.6 Å². The molecule has 1 atom stereocenters. The molecule has 1 unspecified atom stereocenters. The van der Waals surface area contributed by atoms with Crippen molar-refractivity contribution in [1.82, 2.24) is 0 Å². The quantitative estimate of drug-likeness (QED) is 0.593. The predicted molar refractivity (Wildman–Crippen MR) is 63.9 cm³/mol. The first kappa shape index (κ1) is 11.4.